The Labute approximate surface area is 102 Å². The highest BCUT2D eigenvalue weighted by molar-refractivity contribution is 7.80. The first-order valence-electron chi connectivity index (χ1n) is 5.41. The molecule has 0 heterocycles. The Morgan fingerprint density at radius 2 is 2.38 bits per heavy atom. The lowest BCUT2D eigenvalue weighted by Crippen LogP contribution is -2.40. The molecule has 0 aromatic carbocycles. The number of hydrogen-bond acceptors (Lipinski definition) is 3. The van der Waals surface area contributed by atoms with Gasteiger partial charge in [-0.15, -0.1) is 0 Å². The quantitative estimate of drug-likeness (QED) is 0.579. The molecule has 1 rings (SSSR count). The van der Waals surface area contributed by atoms with Gasteiger partial charge in [-0.05, 0) is 45.0 Å². The van der Waals surface area contributed by atoms with Gasteiger partial charge in [-0.2, -0.15) is 5.10 Å². The van der Waals surface area contributed by atoms with Gasteiger partial charge in [0.1, 0.15) is 0 Å². The molecule has 0 aromatic heterocycles. The van der Waals surface area contributed by atoms with Crippen molar-refractivity contribution in [1.82, 2.24) is 10.7 Å². The van der Waals surface area contributed by atoms with Gasteiger partial charge in [0.05, 0.1) is 12.3 Å². The standard InChI is InChI=1S/C11H19N3OS/c1-8-4-5-10(6-8)13-14-11(16)12-9(2)7-15-3/h6,9H,4-5,7H2,1-3H3,(H2,12,14,16)/t9-/m0/s1. The Hall–Kier alpha value is -0.940. The molecule has 0 radical (unpaired) electrons. The molecule has 0 saturated heterocycles. The fourth-order valence-corrected chi connectivity index (χ4v) is 1.76. The zero-order chi connectivity index (χ0) is 12.0. The monoisotopic (exact) mass is 241 g/mol. The first-order valence-corrected chi connectivity index (χ1v) is 5.82. The van der Waals surface area contributed by atoms with Crippen LogP contribution >= 0.6 is 12.2 Å². The number of methoxy groups -OCH3 is 1. The second-order valence-electron chi connectivity index (χ2n) is 4.04. The van der Waals surface area contributed by atoms with Crippen molar-refractivity contribution in [3.05, 3.63) is 11.6 Å². The predicted octanol–water partition coefficient (Wildman–Crippen LogP) is 1.58. The minimum absolute atomic E-state index is 0.186. The molecule has 0 amide bonds. The van der Waals surface area contributed by atoms with Crippen LogP contribution in [0.5, 0.6) is 0 Å². The van der Waals surface area contributed by atoms with Crippen LogP contribution in [0, 0.1) is 0 Å². The molecular weight excluding hydrogens is 222 g/mol. The van der Waals surface area contributed by atoms with E-state index in [-0.39, 0.29) is 6.04 Å². The molecule has 0 aromatic rings. The summed E-state index contributed by atoms with van der Waals surface area (Å²) in [6, 6.07) is 0.186. The predicted molar refractivity (Wildman–Crippen MR) is 70.6 cm³/mol. The second kappa shape index (κ2) is 6.60. The van der Waals surface area contributed by atoms with Crippen LogP contribution in [0.25, 0.3) is 0 Å². The Bertz CT molecular complexity index is 312. The highest BCUT2D eigenvalue weighted by atomic mass is 32.1. The molecule has 0 unspecified atom stereocenters. The van der Waals surface area contributed by atoms with E-state index < -0.39 is 0 Å². The van der Waals surface area contributed by atoms with Crippen LogP contribution in [-0.4, -0.2) is 30.6 Å². The summed E-state index contributed by atoms with van der Waals surface area (Å²) in [4.78, 5) is 0. The molecule has 0 fully saturated rings. The van der Waals surface area contributed by atoms with Crippen LogP contribution in [-0.2, 0) is 4.74 Å². The van der Waals surface area contributed by atoms with Gasteiger partial charge < -0.3 is 10.1 Å². The number of allylic oxidation sites excluding steroid dienone is 2. The Morgan fingerprint density at radius 1 is 1.62 bits per heavy atom. The lowest BCUT2D eigenvalue weighted by Gasteiger charge is -2.14. The summed E-state index contributed by atoms with van der Waals surface area (Å²) < 4.78 is 5.00. The molecule has 0 aliphatic heterocycles. The molecule has 0 spiro atoms. The third-order valence-corrected chi connectivity index (χ3v) is 2.49. The van der Waals surface area contributed by atoms with Gasteiger partial charge in [0.25, 0.3) is 0 Å². The summed E-state index contributed by atoms with van der Waals surface area (Å²) >= 11 is 5.10. The van der Waals surface area contributed by atoms with E-state index in [0.717, 1.165) is 18.6 Å². The van der Waals surface area contributed by atoms with Crippen molar-refractivity contribution in [2.45, 2.75) is 32.7 Å². The minimum Gasteiger partial charge on any atom is -0.383 e. The van der Waals surface area contributed by atoms with E-state index in [2.05, 4.69) is 28.8 Å². The maximum Gasteiger partial charge on any atom is 0.187 e. The summed E-state index contributed by atoms with van der Waals surface area (Å²) in [7, 11) is 1.67. The summed E-state index contributed by atoms with van der Waals surface area (Å²) in [6.07, 6.45) is 4.18. The molecule has 0 saturated carbocycles. The fourth-order valence-electron chi connectivity index (χ4n) is 1.51. The van der Waals surface area contributed by atoms with Gasteiger partial charge in [0.15, 0.2) is 5.11 Å². The molecule has 4 nitrogen and oxygen atoms in total. The number of ether oxygens (including phenoxy) is 1. The van der Waals surface area contributed by atoms with Crippen LogP contribution in [0.1, 0.15) is 26.7 Å². The summed E-state index contributed by atoms with van der Waals surface area (Å²) in [5.41, 5.74) is 5.27. The topological polar surface area (TPSA) is 45.6 Å². The van der Waals surface area contributed by atoms with Crippen LogP contribution in [0.4, 0.5) is 0 Å². The third kappa shape index (κ3) is 4.72. The Kier molecular flexibility index (Phi) is 5.42. The average Bonchev–Trinajstić information content (AvgIpc) is 2.61. The number of hydrazone groups is 1. The third-order valence-electron chi connectivity index (χ3n) is 2.28. The summed E-state index contributed by atoms with van der Waals surface area (Å²) in [5, 5.41) is 7.85. The maximum atomic E-state index is 5.10. The van der Waals surface area contributed by atoms with Crippen molar-refractivity contribution in [2.75, 3.05) is 13.7 Å². The minimum atomic E-state index is 0.186. The van der Waals surface area contributed by atoms with Crippen LogP contribution < -0.4 is 10.7 Å². The van der Waals surface area contributed by atoms with E-state index in [4.69, 9.17) is 17.0 Å². The summed E-state index contributed by atoms with van der Waals surface area (Å²) in [5.74, 6) is 0. The molecule has 90 valence electrons. The number of nitrogens with zero attached hydrogens (tertiary/aromatic N) is 1. The Balaban J connectivity index is 2.30. The van der Waals surface area contributed by atoms with E-state index in [9.17, 15) is 0 Å². The zero-order valence-electron chi connectivity index (χ0n) is 10.0. The zero-order valence-corrected chi connectivity index (χ0v) is 10.9. The molecule has 16 heavy (non-hydrogen) atoms. The molecule has 1 atom stereocenters. The SMILES string of the molecule is COC[C@H](C)NC(=S)NN=C1C=C(C)CC1. The number of nitrogens with one attached hydrogen (secondary N) is 2. The van der Waals surface area contributed by atoms with E-state index >= 15 is 0 Å². The molecule has 2 N–H and O–H groups in total. The van der Waals surface area contributed by atoms with E-state index in [1.54, 1.807) is 7.11 Å². The number of hydrogen-bond donors (Lipinski definition) is 2. The molecule has 1 aliphatic carbocycles. The molecule has 5 heteroatoms. The van der Waals surface area contributed by atoms with E-state index in [1.807, 2.05) is 6.92 Å². The first kappa shape index (κ1) is 13.1. The van der Waals surface area contributed by atoms with Gasteiger partial charge in [-0.1, -0.05) is 5.57 Å². The summed E-state index contributed by atoms with van der Waals surface area (Å²) in [6.45, 7) is 4.74. The second-order valence-corrected chi connectivity index (χ2v) is 4.44. The molecular formula is C11H19N3OS. The van der Waals surface area contributed by atoms with Crippen molar-refractivity contribution in [3.63, 3.8) is 0 Å². The highest BCUT2D eigenvalue weighted by Crippen LogP contribution is 2.14. The van der Waals surface area contributed by atoms with Crippen molar-refractivity contribution in [3.8, 4) is 0 Å². The van der Waals surface area contributed by atoms with Crippen molar-refractivity contribution >= 4 is 23.0 Å². The lowest BCUT2D eigenvalue weighted by molar-refractivity contribution is 0.179. The van der Waals surface area contributed by atoms with E-state index in [1.165, 1.54) is 5.57 Å². The largest absolute Gasteiger partial charge is 0.383 e. The number of thiocarbonyl (C=S) groups is 1. The van der Waals surface area contributed by atoms with Gasteiger partial charge in [0, 0.05) is 13.2 Å². The maximum absolute atomic E-state index is 5.10. The van der Waals surface area contributed by atoms with Crippen molar-refractivity contribution < 1.29 is 4.74 Å². The van der Waals surface area contributed by atoms with E-state index in [0.29, 0.717) is 11.7 Å². The van der Waals surface area contributed by atoms with Crippen LogP contribution in [0.2, 0.25) is 0 Å². The fraction of sp³-hybridized carbons (Fsp3) is 0.636. The smallest absolute Gasteiger partial charge is 0.187 e. The number of rotatable bonds is 4. The van der Waals surface area contributed by atoms with Crippen LogP contribution in [0.3, 0.4) is 0 Å². The van der Waals surface area contributed by atoms with Gasteiger partial charge in [0.2, 0.25) is 0 Å². The van der Waals surface area contributed by atoms with Gasteiger partial charge in [-0.3, -0.25) is 5.43 Å². The normalized spacial score (nSPS) is 19.4. The van der Waals surface area contributed by atoms with Crippen molar-refractivity contribution in [1.29, 1.82) is 0 Å². The lowest BCUT2D eigenvalue weighted by atomic mass is 10.3. The highest BCUT2D eigenvalue weighted by Gasteiger charge is 2.07. The van der Waals surface area contributed by atoms with Gasteiger partial charge >= 0.3 is 0 Å². The average molecular weight is 241 g/mol. The Morgan fingerprint density at radius 3 is 2.94 bits per heavy atom. The first-order chi connectivity index (χ1) is 7.61. The molecule has 1 aliphatic rings. The van der Waals surface area contributed by atoms with Crippen LogP contribution in [0.15, 0.2) is 16.8 Å². The van der Waals surface area contributed by atoms with Crippen molar-refractivity contribution in [2.24, 2.45) is 5.10 Å². The van der Waals surface area contributed by atoms with Gasteiger partial charge in [-0.25, -0.2) is 0 Å². The molecule has 0 bridgehead atoms.